The molecule has 6 nitrogen and oxygen atoms in total. The van der Waals surface area contributed by atoms with Crippen molar-refractivity contribution in [3.8, 4) is 0 Å². The number of pyridine rings is 1. The molecule has 0 bridgehead atoms. The summed E-state index contributed by atoms with van der Waals surface area (Å²) in [7, 11) is 2.10. The molecule has 0 radical (unpaired) electrons. The van der Waals surface area contributed by atoms with Gasteiger partial charge in [0, 0.05) is 37.7 Å². The number of carbonyl (C=O) groups is 1. The van der Waals surface area contributed by atoms with Gasteiger partial charge in [0.1, 0.15) is 5.56 Å². The van der Waals surface area contributed by atoms with Crippen LogP contribution in [0.1, 0.15) is 95.9 Å². The summed E-state index contributed by atoms with van der Waals surface area (Å²) in [5.41, 5.74) is 3.90. The molecule has 0 N–H and O–H groups in total. The number of ether oxygens (including phenoxy) is 2. The molecule has 3 rings (SSSR count). The Balaban J connectivity index is 2.37. The number of carbonyl (C=O) groups excluding carboxylic acids is 1. The van der Waals surface area contributed by atoms with Crippen LogP contribution in [0, 0.1) is 11.3 Å². The van der Waals surface area contributed by atoms with Crippen LogP contribution in [0.3, 0.4) is 0 Å². The Kier molecular flexibility index (Phi) is 9.64. The van der Waals surface area contributed by atoms with Gasteiger partial charge >= 0.3 is 5.97 Å². The lowest BCUT2D eigenvalue weighted by Gasteiger charge is -2.43. The lowest BCUT2D eigenvalue weighted by Crippen LogP contribution is -2.46. The summed E-state index contributed by atoms with van der Waals surface area (Å²) in [5.74, 6) is -0.0596. The first-order valence-electron chi connectivity index (χ1n) is 14.0. The van der Waals surface area contributed by atoms with E-state index < -0.39 is 5.97 Å². The van der Waals surface area contributed by atoms with Crippen LogP contribution in [0.5, 0.6) is 0 Å². The van der Waals surface area contributed by atoms with E-state index in [9.17, 15) is 9.59 Å². The monoisotopic (exact) mass is 522 g/mol. The Bertz CT molecular complexity index is 1330. The summed E-state index contributed by atoms with van der Waals surface area (Å²) in [6.45, 7) is 19.3. The molecule has 0 amide bonds. The second kappa shape index (κ2) is 12.3. The van der Waals surface area contributed by atoms with Gasteiger partial charge in [-0.25, -0.2) is 4.79 Å². The molecule has 38 heavy (non-hydrogen) atoms. The van der Waals surface area contributed by atoms with Crippen LogP contribution in [0.2, 0.25) is 0 Å². The Hall–Kier alpha value is -2.86. The summed E-state index contributed by atoms with van der Waals surface area (Å²) in [5, 5.41) is 2.27. The molecule has 1 aliphatic heterocycles. The average Bonchev–Trinajstić information content (AvgIpc) is 2.86. The maximum atomic E-state index is 13.3. The van der Waals surface area contributed by atoms with E-state index in [4.69, 9.17) is 9.47 Å². The fourth-order valence-corrected chi connectivity index (χ4v) is 5.11. The van der Waals surface area contributed by atoms with E-state index >= 15 is 0 Å². The van der Waals surface area contributed by atoms with Crippen LogP contribution in [0.25, 0.3) is 11.3 Å². The van der Waals surface area contributed by atoms with Crippen LogP contribution < -0.4 is 15.9 Å². The van der Waals surface area contributed by atoms with E-state index in [0.717, 1.165) is 48.2 Å². The summed E-state index contributed by atoms with van der Waals surface area (Å²) < 4.78 is 13.5. The third-order valence-electron chi connectivity index (χ3n) is 7.70. The van der Waals surface area contributed by atoms with Gasteiger partial charge in [-0.3, -0.25) is 4.79 Å². The zero-order valence-corrected chi connectivity index (χ0v) is 24.8. The second-order valence-corrected chi connectivity index (χ2v) is 11.7. The van der Waals surface area contributed by atoms with Crippen molar-refractivity contribution in [2.45, 2.75) is 80.9 Å². The van der Waals surface area contributed by atoms with E-state index in [0.29, 0.717) is 12.5 Å². The second-order valence-electron chi connectivity index (χ2n) is 11.7. The Morgan fingerprint density at radius 2 is 1.89 bits per heavy atom. The molecule has 2 unspecified atom stereocenters. The quantitative estimate of drug-likeness (QED) is 0.464. The molecule has 0 spiro atoms. The van der Waals surface area contributed by atoms with Gasteiger partial charge in [0.05, 0.1) is 30.6 Å². The molecule has 208 valence electrons. The van der Waals surface area contributed by atoms with Crippen LogP contribution in [-0.2, 0) is 16.1 Å². The number of nitrogens with zero attached hydrogens (tertiary/aromatic N) is 2. The lowest BCUT2D eigenvalue weighted by molar-refractivity contribution is 0.0522. The molecule has 0 saturated heterocycles. The van der Waals surface area contributed by atoms with Crippen LogP contribution in [-0.4, -0.2) is 42.2 Å². The predicted octanol–water partition coefficient (Wildman–Crippen LogP) is 4.86. The lowest BCUT2D eigenvalue weighted by atomic mass is 9.84. The summed E-state index contributed by atoms with van der Waals surface area (Å²) in [6.07, 6.45) is 3.71. The minimum absolute atomic E-state index is 0.0572. The first-order valence-corrected chi connectivity index (χ1v) is 14.0. The number of esters is 1. The zero-order chi connectivity index (χ0) is 28.2. The van der Waals surface area contributed by atoms with E-state index in [2.05, 4.69) is 83.2 Å². The largest absolute Gasteiger partial charge is 0.462 e. The molecule has 1 aromatic carbocycles. The Labute approximate surface area is 228 Å². The molecular weight excluding hydrogens is 476 g/mol. The van der Waals surface area contributed by atoms with Gasteiger partial charge in [-0.15, -0.1) is 0 Å². The first-order chi connectivity index (χ1) is 17.9. The van der Waals surface area contributed by atoms with E-state index in [1.165, 1.54) is 10.8 Å². The highest BCUT2D eigenvalue weighted by Crippen LogP contribution is 2.37. The van der Waals surface area contributed by atoms with E-state index in [1.54, 1.807) is 19.2 Å². The van der Waals surface area contributed by atoms with Crippen molar-refractivity contribution < 1.29 is 14.3 Å². The van der Waals surface area contributed by atoms with Crippen LogP contribution in [0.15, 0.2) is 35.3 Å². The number of fused-ring (bicyclic) bond motifs is 1. The van der Waals surface area contributed by atoms with Crippen molar-refractivity contribution in [1.82, 2.24) is 9.47 Å². The normalized spacial score (nSPS) is 18.7. The fraction of sp³-hybridized carbons (Fsp3) is 0.562. The van der Waals surface area contributed by atoms with Crippen molar-refractivity contribution in [3.05, 3.63) is 67.9 Å². The van der Waals surface area contributed by atoms with E-state index in [-0.39, 0.29) is 29.1 Å². The van der Waals surface area contributed by atoms with Crippen LogP contribution >= 0.6 is 0 Å². The van der Waals surface area contributed by atoms with Crippen molar-refractivity contribution in [1.29, 1.82) is 0 Å². The highest BCUT2D eigenvalue weighted by molar-refractivity contribution is 5.89. The number of likely N-dealkylation sites (N-methyl/N-ethyl adjacent to an activating group) is 1. The predicted molar refractivity (Wildman–Crippen MR) is 154 cm³/mol. The maximum absolute atomic E-state index is 13.3. The molecule has 0 fully saturated rings. The third kappa shape index (κ3) is 6.23. The summed E-state index contributed by atoms with van der Waals surface area (Å²) >= 11 is 0. The molecule has 2 heterocycles. The Morgan fingerprint density at radius 1 is 1.18 bits per heavy atom. The smallest absolute Gasteiger partial charge is 0.343 e. The standard InChI is InChI=1S/C32H46N2O4/c1-10-21(4)19-37-20-23-14-13-15-24(29(23)22(5)11-2)30-26-16-27(35)25(31(36)38-12-3)17-34(26)28(18-33(30)9)32(6,7)8/h13-17,21,28H,10-12,18-20H2,1-9H3/b29-22-,30-24-. The fourth-order valence-electron chi connectivity index (χ4n) is 5.11. The van der Waals surface area contributed by atoms with Crippen molar-refractivity contribution >= 4 is 17.2 Å². The van der Waals surface area contributed by atoms with Crippen molar-refractivity contribution in [3.63, 3.8) is 0 Å². The molecule has 1 aromatic heterocycles. The minimum Gasteiger partial charge on any atom is -0.462 e. The average molecular weight is 523 g/mol. The minimum atomic E-state index is -0.572. The first kappa shape index (κ1) is 29.7. The summed E-state index contributed by atoms with van der Waals surface area (Å²) in [6, 6.07) is 8.04. The number of benzene rings is 1. The number of aromatic nitrogens is 1. The topological polar surface area (TPSA) is 60.8 Å². The zero-order valence-electron chi connectivity index (χ0n) is 24.8. The van der Waals surface area contributed by atoms with Gasteiger partial charge in [-0.2, -0.15) is 0 Å². The molecular formula is C32H46N2O4. The highest BCUT2D eigenvalue weighted by atomic mass is 16.5. The van der Waals surface area contributed by atoms with Gasteiger partial charge in [0.25, 0.3) is 0 Å². The van der Waals surface area contributed by atoms with Gasteiger partial charge < -0.3 is 18.9 Å². The van der Waals surface area contributed by atoms with Crippen molar-refractivity contribution in [2.75, 3.05) is 26.8 Å². The third-order valence-corrected chi connectivity index (χ3v) is 7.70. The number of hydrogen-bond donors (Lipinski definition) is 0. The van der Waals surface area contributed by atoms with E-state index in [1.807, 2.05) is 0 Å². The van der Waals surface area contributed by atoms with Gasteiger partial charge in [-0.1, -0.05) is 71.7 Å². The molecule has 6 heteroatoms. The molecule has 0 saturated carbocycles. The SMILES string of the molecule is CCOC(=O)c1cn2c(cc1=O)/C(=c1\cccc(COCC(C)CC)\c1=C(/C)CC)N(C)CC2C(C)(C)C. The maximum Gasteiger partial charge on any atom is 0.343 e. The molecule has 2 atom stereocenters. The van der Waals surface area contributed by atoms with Gasteiger partial charge in [-0.05, 0) is 42.4 Å². The molecule has 1 aliphatic rings. The van der Waals surface area contributed by atoms with Crippen LogP contribution in [0.4, 0.5) is 0 Å². The van der Waals surface area contributed by atoms with Crippen molar-refractivity contribution in [2.24, 2.45) is 11.3 Å². The van der Waals surface area contributed by atoms with Gasteiger partial charge in [0.2, 0.25) is 0 Å². The summed E-state index contributed by atoms with van der Waals surface area (Å²) in [4.78, 5) is 28.2. The number of hydrogen-bond acceptors (Lipinski definition) is 5. The van der Waals surface area contributed by atoms with Gasteiger partial charge in [0.15, 0.2) is 5.43 Å². The number of rotatable bonds is 8. The Morgan fingerprint density at radius 3 is 2.50 bits per heavy atom. The molecule has 2 aromatic rings. The molecule has 0 aliphatic carbocycles. The highest BCUT2D eigenvalue weighted by Gasteiger charge is 2.35.